The number of ether oxygens (including phenoxy) is 2. The van der Waals surface area contributed by atoms with Crippen molar-refractivity contribution in [2.24, 2.45) is 0 Å². The van der Waals surface area contributed by atoms with Gasteiger partial charge in [-0.1, -0.05) is 172 Å². The lowest BCUT2D eigenvalue weighted by molar-refractivity contribution is 0.0192. The molecule has 0 spiro atoms. The van der Waals surface area contributed by atoms with Crippen LogP contribution < -0.4 is 15.7 Å². The topological polar surface area (TPSA) is 28.3 Å². The van der Waals surface area contributed by atoms with Crippen molar-refractivity contribution in [2.75, 3.05) is 0 Å². The molecule has 6 aromatic carbocycles. The van der Waals surface area contributed by atoms with Crippen molar-refractivity contribution < 1.29 is 9.47 Å². The van der Waals surface area contributed by atoms with E-state index < -0.39 is 0 Å². The number of aromatic nitrogens is 2. The third-order valence-electron chi connectivity index (χ3n) is 18.7. The number of hydrogen-bond acceptors (Lipinski definition) is 2. The van der Waals surface area contributed by atoms with Crippen LogP contribution in [-0.4, -0.2) is 35.3 Å². The molecule has 0 N–H and O–H groups in total. The Morgan fingerprint density at radius 1 is 0.667 bits per heavy atom. The Bertz CT molecular complexity index is 4110. The molecule has 5 unspecified atom stereocenters. The molecule has 4 aliphatic carbocycles. The Morgan fingerprint density at radius 2 is 1.42 bits per heavy atom. The van der Waals surface area contributed by atoms with Crippen LogP contribution in [0.2, 0.25) is 5.82 Å². The summed E-state index contributed by atoms with van der Waals surface area (Å²) in [5, 5.41) is 3.96. The smallest absolute Gasteiger partial charge is 0.256 e. The zero-order valence-corrected chi connectivity index (χ0v) is 46.7. The van der Waals surface area contributed by atoms with Crippen LogP contribution in [0.4, 0.5) is 0 Å². The summed E-state index contributed by atoms with van der Waals surface area (Å²) >= 11 is 0. The van der Waals surface area contributed by atoms with E-state index in [-0.39, 0.29) is 46.8 Å². The highest BCUT2D eigenvalue weighted by atomic mass is 16.5. The minimum atomic E-state index is -0.146. The van der Waals surface area contributed by atoms with Gasteiger partial charge in [-0.15, -0.1) is 0 Å². The zero-order chi connectivity index (χ0) is 53.1. The Labute approximate surface area is 461 Å². The molecule has 1 saturated heterocycles. The first kappa shape index (κ1) is 47.9. The molecular formula is C72H68B2N2O2. The molecule has 4 nitrogen and oxygen atoms in total. The molecule has 6 heteroatoms. The molecule has 8 aromatic rings. The molecular weight excluding hydrogens is 946 g/mol. The van der Waals surface area contributed by atoms with E-state index in [1.54, 1.807) is 0 Å². The lowest BCUT2D eigenvalue weighted by Crippen LogP contribution is -2.55. The summed E-state index contributed by atoms with van der Waals surface area (Å²) in [7, 11) is 0.929. The van der Waals surface area contributed by atoms with Crippen molar-refractivity contribution in [3.63, 3.8) is 0 Å². The van der Waals surface area contributed by atoms with Crippen LogP contribution in [0.5, 0.6) is 5.75 Å². The highest BCUT2D eigenvalue weighted by molar-refractivity contribution is 6.95. The normalized spacial score (nSPS) is 21.9. The van der Waals surface area contributed by atoms with Crippen LogP contribution in [0.1, 0.15) is 127 Å². The molecule has 0 radical (unpaired) electrons. The lowest BCUT2D eigenvalue weighted by Gasteiger charge is -2.46. The largest absolute Gasteiger partial charge is 0.458 e. The van der Waals surface area contributed by atoms with Crippen molar-refractivity contribution in [2.45, 2.75) is 128 Å². The van der Waals surface area contributed by atoms with E-state index in [0.29, 0.717) is 5.92 Å². The third kappa shape index (κ3) is 7.31. The molecule has 7 aliphatic rings. The van der Waals surface area contributed by atoms with Crippen molar-refractivity contribution in [3.05, 3.63) is 226 Å². The fourth-order valence-corrected chi connectivity index (χ4v) is 14.5. The molecule has 78 heavy (non-hydrogen) atoms. The maximum Gasteiger partial charge on any atom is 0.256 e. The van der Waals surface area contributed by atoms with Crippen LogP contribution >= 0.6 is 0 Å². The van der Waals surface area contributed by atoms with Gasteiger partial charge in [-0.2, -0.15) is 0 Å². The Hall–Kier alpha value is -7.27. The quantitative estimate of drug-likeness (QED) is 0.164. The highest BCUT2D eigenvalue weighted by Gasteiger charge is 2.51. The van der Waals surface area contributed by atoms with E-state index in [1.807, 2.05) is 0 Å². The number of rotatable bonds is 4. The van der Waals surface area contributed by atoms with Crippen LogP contribution in [0.15, 0.2) is 192 Å². The maximum atomic E-state index is 7.90. The summed E-state index contributed by atoms with van der Waals surface area (Å²) in [6.07, 6.45) is 26.4. The van der Waals surface area contributed by atoms with Gasteiger partial charge in [0.2, 0.25) is 0 Å². The Morgan fingerprint density at radius 3 is 2.17 bits per heavy atom. The standard InChI is InChI=1S/C72H68B2N2O2/c1-70(2,3)46-28-25-44(26-29-46)50-31-34-61-65-69(50)78-63-40-56-62(41-57(63)74(65)58-38-48(72(7,8)9)37-54-53-36-47(71(4,5)6)30-33-60(53)76(61)66(54)58)77-68-51(43-21-15-11-16-22-43)39-55-52-35-45(42-19-13-10-14-20-42)27-32-59(52)75(67(55)64(68)73-56)49-23-17-12-18-24-49/h10-15,17-19,21,23-42,56,62,64,68,73H,16,20,22H2,1-9H3. The Balaban J connectivity index is 0.947. The van der Waals surface area contributed by atoms with Crippen molar-refractivity contribution in [3.8, 4) is 28.3 Å². The molecule has 384 valence electrons. The van der Waals surface area contributed by atoms with Crippen LogP contribution in [-0.2, 0) is 21.0 Å². The van der Waals surface area contributed by atoms with Crippen LogP contribution in [0, 0.1) is 0 Å². The molecule has 15 rings (SSSR count). The third-order valence-corrected chi connectivity index (χ3v) is 18.7. The molecule has 3 aliphatic heterocycles. The minimum Gasteiger partial charge on any atom is -0.458 e. The van der Waals surface area contributed by atoms with Gasteiger partial charge in [0.25, 0.3) is 6.71 Å². The van der Waals surface area contributed by atoms with Crippen LogP contribution in [0.25, 0.3) is 61.3 Å². The van der Waals surface area contributed by atoms with Crippen molar-refractivity contribution >= 4 is 63.7 Å². The first-order chi connectivity index (χ1) is 37.6. The van der Waals surface area contributed by atoms with E-state index in [0.717, 1.165) is 43.6 Å². The number of nitrogens with zero attached hydrogens (tertiary/aromatic N) is 2. The van der Waals surface area contributed by atoms with Gasteiger partial charge in [-0.05, 0) is 163 Å². The average Bonchev–Trinajstić information content (AvgIpc) is 3.52. The van der Waals surface area contributed by atoms with Gasteiger partial charge in [-0.25, -0.2) is 0 Å². The van der Waals surface area contributed by atoms with E-state index in [4.69, 9.17) is 9.47 Å². The second-order valence-corrected chi connectivity index (χ2v) is 26.6. The predicted molar refractivity (Wildman–Crippen MR) is 330 cm³/mol. The summed E-state index contributed by atoms with van der Waals surface area (Å²) in [5.41, 5.74) is 23.1. The van der Waals surface area contributed by atoms with Gasteiger partial charge in [0.1, 0.15) is 18.8 Å². The van der Waals surface area contributed by atoms with Crippen LogP contribution in [0.3, 0.4) is 0 Å². The molecule has 1 fully saturated rings. The molecule has 0 amide bonds. The van der Waals surface area contributed by atoms with Gasteiger partial charge in [0.15, 0.2) is 0 Å². The predicted octanol–water partition coefficient (Wildman–Crippen LogP) is 16.0. The van der Waals surface area contributed by atoms with Gasteiger partial charge < -0.3 is 18.6 Å². The molecule has 5 heterocycles. The van der Waals surface area contributed by atoms with Gasteiger partial charge in [0.05, 0.1) is 23.2 Å². The van der Waals surface area contributed by atoms with E-state index in [2.05, 4.69) is 247 Å². The number of para-hydroxylation sites is 1. The Kier molecular flexibility index (Phi) is 10.5. The minimum absolute atomic E-state index is 0.00238. The summed E-state index contributed by atoms with van der Waals surface area (Å²) in [6.45, 7) is 20.9. The highest BCUT2D eigenvalue weighted by Crippen LogP contribution is 2.53. The maximum absolute atomic E-state index is 7.90. The van der Waals surface area contributed by atoms with Gasteiger partial charge >= 0.3 is 0 Å². The van der Waals surface area contributed by atoms with E-state index in [9.17, 15) is 0 Å². The molecule has 0 saturated carbocycles. The number of hydrogen-bond donors (Lipinski definition) is 0. The number of allylic oxidation sites excluding steroid dienone is 8. The molecule has 2 aromatic heterocycles. The lowest BCUT2D eigenvalue weighted by atomic mass is 9.32. The fourth-order valence-electron chi connectivity index (χ4n) is 14.5. The van der Waals surface area contributed by atoms with Gasteiger partial charge in [-0.3, -0.25) is 0 Å². The molecule has 5 atom stereocenters. The number of fused-ring (bicyclic) bond motifs is 13. The first-order valence-electron chi connectivity index (χ1n) is 28.9. The summed E-state index contributed by atoms with van der Waals surface area (Å²) in [4.78, 5) is 0. The molecule has 0 bridgehead atoms. The second kappa shape index (κ2) is 17.1. The second-order valence-electron chi connectivity index (χ2n) is 26.6. The van der Waals surface area contributed by atoms with E-state index in [1.165, 1.54) is 111 Å². The fraction of sp³-hybridized carbons (Fsp3) is 0.278. The SMILES string of the molecule is CC(C)(C)c1ccc(-c2ccc3c4c2OC2=CC5BC6c7c(c8cc(C9C=CC=CC9)ccc8n7-c7ccccc7)C=C(C7=CC=CCC7)C6OC5C=C2B4c2cc(C(C)(C)C)cc4c5cc(C(C)(C)C)ccc5n-3c24)cc1. The summed E-state index contributed by atoms with van der Waals surface area (Å²) in [6, 6.07) is 44.6. The van der Waals surface area contributed by atoms with Gasteiger partial charge in [0, 0.05) is 61.6 Å². The first-order valence-corrected chi connectivity index (χ1v) is 28.9. The average molecular weight is 1010 g/mol. The van der Waals surface area contributed by atoms with E-state index >= 15 is 0 Å². The summed E-state index contributed by atoms with van der Waals surface area (Å²) < 4.78 is 20.7. The zero-order valence-electron chi connectivity index (χ0n) is 46.7. The monoisotopic (exact) mass is 1010 g/mol. The number of benzene rings is 6. The summed E-state index contributed by atoms with van der Waals surface area (Å²) in [5.74, 6) is 2.48. The van der Waals surface area contributed by atoms with Crippen molar-refractivity contribution in [1.29, 1.82) is 0 Å². The van der Waals surface area contributed by atoms with Crippen molar-refractivity contribution in [1.82, 2.24) is 9.13 Å².